The summed E-state index contributed by atoms with van der Waals surface area (Å²) in [5, 5.41) is 2.68. The van der Waals surface area contributed by atoms with E-state index < -0.39 is 29.9 Å². The van der Waals surface area contributed by atoms with Crippen molar-refractivity contribution in [3.05, 3.63) is 54.1 Å². The van der Waals surface area contributed by atoms with E-state index in [9.17, 15) is 19.2 Å². The summed E-state index contributed by atoms with van der Waals surface area (Å²) in [7, 11) is 2.97. The predicted octanol–water partition coefficient (Wildman–Crippen LogP) is 2.68. The first-order valence-electron chi connectivity index (χ1n) is 10.7. The molecule has 0 aromatic heterocycles. The molecule has 10 heteroatoms. The number of benzene rings is 2. The Bertz CT molecular complexity index is 1070. The Morgan fingerprint density at radius 3 is 2.53 bits per heavy atom. The number of anilines is 2. The molecule has 2 aromatic carbocycles. The number of carbonyl (C=O) groups is 4. The van der Waals surface area contributed by atoms with Crippen molar-refractivity contribution in [1.82, 2.24) is 4.90 Å². The number of esters is 1. The molecule has 0 spiro atoms. The molecule has 0 aliphatic carbocycles. The molecule has 1 N–H and O–H groups in total. The maximum Gasteiger partial charge on any atom is 0.338 e. The molecule has 180 valence electrons. The van der Waals surface area contributed by atoms with Gasteiger partial charge < -0.3 is 24.4 Å². The summed E-state index contributed by atoms with van der Waals surface area (Å²) >= 11 is 0. The first-order chi connectivity index (χ1) is 16.4. The molecule has 4 amide bonds. The fourth-order valence-corrected chi connectivity index (χ4v) is 3.59. The van der Waals surface area contributed by atoms with Gasteiger partial charge in [0.05, 0.1) is 38.0 Å². The molecule has 1 atom stereocenters. The van der Waals surface area contributed by atoms with E-state index in [0.29, 0.717) is 17.1 Å². The van der Waals surface area contributed by atoms with E-state index >= 15 is 0 Å². The Balaban J connectivity index is 1.79. The van der Waals surface area contributed by atoms with Crippen LogP contribution in [0, 0.1) is 0 Å². The second-order valence-electron chi connectivity index (χ2n) is 7.41. The summed E-state index contributed by atoms with van der Waals surface area (Å²) in [5.74, 6) is -1.02. The van der Waals surface area contributed by atoms with E-state index in [1.54, 1.807) is 49.4 Å². The van der Waals surface area contributed by atoms with Crippen LogP contribution < -0.4 is 15.0 Å². The van der Waals surface area contributed by atoms with Crippen LogP contribution in [-0.2, 0) is 19.1 Å². The Hall–Kier alpha value is -3.92. The lowest BCUT2D eigenvalue weighted by molar-refractivity contribution is -0.124. The van der Waals surface area contributed by atoms with E-state index in [4.69, 9.17) is 14.2 Å². The number of nitrogens with one attached hydrogen (secondary N) is 1. The van der Waals surface area contributed by atoms with Gasteiger partial charge in [-0.2, -0.15) is 0 Å². The molecule has 1 fully saturated rings. The highest BCUT2D eigenvalue weighted by molar-refractivity contribution is 6.22. The minimum Gasteiger partial charge on any atom is -0.497 e. The summed E-state index contributed by atoms with van der Waals surface area (Å²) in [6, 6.07) is 11.3. The maximum atomic E-state index is 13.2. The van der Waals surface area contributed by atoms with Crippen LogP contribution in [0.5, 0.6) is 5.75 Å². The first kappa shape index (κ1) is 24.7. The Labute approximate surface area is 197 Å². The van der Waals surface area contributed by atoms with Crippen molar-refractivity contribution < 1.29 is 33.4 Å². The van der Waals surface area contributed by atoms with Gasteiger partial charge in [-0.25, -0.2) is 14.5 Å². The zero-order chi connectivity index (χ0) is 24.7. The Morgan fingerprint density at radius 1 is 1.06 bits per heavy atom. The Morgan fingerprint density at radius 2 is 1.82 bits per heavy atom. The van der Waals surface area contributed by atoms with Crippen molar-refractivity contribution in [1.29, 1.82) is 0 Å². The average molecular weight is 469 g/mol. The molecule has 34 heavy (non-hydrogen) atoms. The third-order valence-electron chi connectivity index (χ3n) is 5.20. The molecule has 1 aliphatic heterocycles. The molecule has 10 nitrogen and oxygen atoms in total. The van der Waals surface area contributed by atoms with Crippen LogP contribution >= 0.6 is 0 Å². The standard InChI is InChI=1S/C24H27N3O7/c1-4-34-23(30)16-7-5-8-17(13-16)25-21(28)15-20-22(29)27(24(31)26(20)11-12-32-2)18-9-6-10-19(14-18)33-3/h5-10,13-14,20H,4,11-12,15H2,1-3H3,(H,25,28)/t20-/m0/s1. The van der Waals surface area contributed by atoms with Crippen molar-refractivity contribution >= 4 is 35.2 Å². The zero-order valence-electron chi connectivity index (χ0n) is 19.3. The van der Waals surface area contributed by atoms with Gasteiger partial charge >= 0.3 is 12.0 Å². The Kier molecular flexibility index (Phi) is 8.20. The number of amides is 4. The monoisotopic (exact) mass is 469 g/mol. The molecular weight excluding hydrogens is 442 g/mol. The molecule has 3 rings (SSSR count). The van der Waals surface area contributed by atoms with Crippen LogP contribution in [0.3, 0.4) is 0 Å². The largest absolute Gasteiger partial charge is 0.497 e. The second kappa shape index (κ2) is 11.3. The minimum absolute atomic E-state index is 0.137. The lowest BCUT2D eigenvalue weighted by Gasteiger charge is -2.21. The quantitative estimate of drug-likeness (QED) is 0.420. The number of hydrogen-bond donors (Lipinski definition) is 1. The van der Waals surface area contributed by atoms with Crippen molar-refractivity contribution in [3.8, 4) is 5.75 Å². The van der Waals surface area contributed by atoms with E-state index in [0.717, 1.165) is 4.90 Å². The molecule has 0 bridgehead atoms. The van der Waals surface area contributed by atoms with Gasteiger partial charge in [-0.1, -0.05) is 12.1 Å². The number of imide groups is 1. The summed E-state index contributed by atoms with van der Waals surface area (Å²) in [5.41, 5.74) is 1.01. The average Bonchev–Trinajstić information content (AvgIpc) is 3.06. The van der Waals surface area contributed by atoms with E-state index in [-0.39, 0.29) is 31.7 Å². The lowest BCUT2D eigenvalue weighted by Crippen LogP contribution is -2.39. The SMILES string of the molecule is CCOC(=O)c1cccc(NC(=O)C[C@H]2C(=O)N(c3cccc(OC)c3)C(=O)N2CCOC)c1. The van der Waals surface area contributed by atoms with Gasteiger partial charge in [0.25, 0.3) is 5.91 Å². The van der Waals surface area contributed by atoms with Gasteiger partial charge in [-0.05, 0) is 37.3 Å². The number of hydrogen-bond acceptors (Lipinski definition) is 7. The summed E-state index contributed by atoms with van der Waals surface area (Å²) in [6.07, 6.45) is -0.265. The van der Waals surface area contributed by atoms with E-state index in [1.165, 1.54) is 25.2 Å². The predicted molar refractivity (Wildman–Crippen MR) is 124 cm³/mol. The topological polar surface area (TPSA) is 114 Å². The van der Waals surface area contributed by atoms with Crippen molar-refractivity contribution in [2.45, 2.75) is 19.4 Å². The number of ether oxygens (including phenoxy) is 3. The van der Waals surface area contributed by atoms with Crippen LogP contribution in [0.2, 0.25) is 0 Å². The van der Waals surface area contributed by atoms with Crippen LogP contribution in [0.1, 0.15) is 23.7 Å². The van der Waals surface area contributed by atoms with Crippen LogP contribution in [0.15, 0.2) is 48.5 Å². The normalized spacial score (nSPS) is 15.4. The fourth-order valence-electron chi connectivity index (χ4n) is 3.59. The molecule has 0 unspecified atom stereocenters. The van der Waals surface area contributed by atoms with Gasteiger partial charge in [-0.15, -0.1) is 0 Å². The number of rotatable bonds is 10. The zero-order valence-corrected chi connectivity index (χ0v) is 19.3. The molecule has 1 aliphatic rings. The number of carbonyl (C=O) groups excluding carboxylic acids is 4. The smallest absolute Gasteiger partial charge is 0.338 e. The molecule has 0 radical (unpaired) electrons. The van der Waals surface area contributed by atoms with Crippen LogP contribution in [-0.4, -0.2) is 68.7 Å². The van der Waals surface area contributed by atoms with Crippen LogP contribution in [0.4, 0.5) is 16.2 Å². The van der Waals surface area contributed by atoms with Gasteiger partial charge in [0.1, 0.15) is 11.8 Å². The van der Waals surface area contributed by atoms with Crippen molar-refractivity contribution in [3.63, 3.8) is 0 Å². The fraction of sp³-hybridized carbons (Fsp3) is 0.333. The van der Waals surface area contributed by atoms with Crippen molar-refractivity contribution in [2.24, 2.45) is 0 Å². The molecule has 1 heterocycles. The minimum atomic E-state index is -1.01. The van der Waals surface area contributed by atoms with Gasteiger partial charge in [0, 0.05) is 25.4 Å². The van der Waals surface area contributed by atoms with E-state index in [2.05, 4.69) is 5.32 Å². The van der Waals surface area contributed by atoms with Gasteiger partial charge in [0.2, 0.25) is 5.91 Å². The van der Waals surface area contributed by atoms with E-state index in [1.807, 2.05) is 0 Å². The third kappa shape index (κ3) is 5.52. The maximum absolute atomic E-state index is 13.2. The van der Waals surface area contributed by atoms with Gasteiger partial charge in [-0.3, -0.25) is 9.59 Å². The summed E-state index contributed by atoms with van der Waals surface area (Å²) < 4.78 is 15.3. The lowest BCUT2D eigenvalue weighted by atomic mass is 10.1. The van der Waals surface area contributed by atoms with Gasteiger partial charge in [0.15, 0.2) is 0 Å². The van der Waals surface area contributed by atoms with Crippen molar-refractivity contribution in [2.75, 3.05) is 44.2 Å². The molecule has 1 saturated heterocycles. The highest BCUT2D eigenvalue weighted by atomic mass is 16.5. The first-order valence-corrected chi connectivity index (χ1v) is 10.7. The number of nitrogens with zero attached hydrogens (tertiary/aromatic N) is 2. The molecule has 2 aromatic rings. The van der Waals surface area contributed by atoms with Crippen LogP contribution in [0.25, 0.3) is 0 Å². The molecule has 0 saturated carbocycles. The molecular formula is C24H27N3O7. The third-order valence-corrected chi connectivity index (χ3v) is 5.20. The number of methoxy groups -OCH3 is 2. The summed E-state index contributed by atoms with van der Waals surface area (Å²) in [4.78, 5) is 53.5. The number of urea groups is 1. The summed E-state index contributed by atoms with van der Waals surface area (Å²) in [6.45, 7) is 2.27. The highest BCUT2D eigenvalue weighted by Gasteiger charge is 2.46. The second-order valence-corrected chi connectivity index (χ2v) is 7.41. The highest BCUT2D eigenvalue weighted by Crippen LogP contribution is 2.29.